The minimum absolute atomic E-state index is 0.254. The fraction of sp³-hybridized carbons (Fsp3) is 0.348. The first kappa shape index (κ1) is 19.2. The molecule has 1 fully saturated rings. The van der Waals surface area contributed by atoms with E-state index in [2.05, 4.69) is 32.6 Å². The zero-order valence-corrected chi connectivity index (χ0v) is 17.2. The van der Waals surface area contributed by atoms with Gasteiger partial charge in [-0.1, -0.05) is 12.1 Å². The Hall–Kier alpha value is -3.73. The van der Waals surface area contributed by atoms with E-state index in [0.29, 0.717) is 30.3 Å². The Morgan fingerprint density at radius 1 is 1.35 bits per heavy atom. The van der Waals surface area contributed by atoms with Gasteiger partial charge in [-0.3, -0.25) is 4.79 Å². The number of nitriles is 1. The Morgan fingerprint density at radius 2 is 2.23 bits per heavy atom. The molecule has 2 aliphatic rings. The normalized spacial score (nSPS) is 21.5. The number of hydrogen-bond donors (Lipinski definition) is 1. The molecule has 2 aromatic heterocycles. The summed E-state index contributed by atoms with van der Waals surface area (Å²) in [7, 11) is 1.93. The van der Waals surface area contributed by atoms with Crippen LogP contribution < -0.4 is 10.1 Å². The van der Waals surface area contributed by atoms with Crippen LogP contribution in [0.5, 0.6) is 5.75 Å². The van der Waals surface area contributed by atoms with E-state index < -0.39 is 0 Å². The van der Waals surface area contributed by atoms with Gasteiger partial charge < -0.3 is 14.6 Å². The Kier molecular flexibility index (Phi) is 4.66. The van der Waals surface area contributed by atoms with Crippen LogP contribution in [-0.2, 0) is 18.9 Å². The van der Waals surface area contributed by atoms with Crippen molar-refractivity contribution < 1.29 is 9.53 Å². The average molecular weight is 414 g/mol. The number of anilines is 1. The number of pyridine rings is 1. The van der Waals surface area contributed by atoms with Crippen LogP contribution in [0, 0.1) is 17.2 Å². The van der Waals surface area contributed by atoms with E-state index in [1.54, 1.807) is 18.5 Å². The SMILES string of the molecule is Cn1cnnc1C1(c2cccc(NC(=O)c3ccc4c(n3)CCO4)c2)CC(CC#N)C1. The summed E-state index contributed by atoms with van der Waals surface area (Å²) in [5.41, 5.74) is 2.64. The number of fused-ring (bicyclic) bond motifs is 1. The fourth-order valence-electron chi connectivity index (χ4n) is 4.74. The standard InChI is InChI=1S/C23H22N6O2/c1-29-14-25-28-22(29)23(12-15(13-23)7-9-24)16-3-2-4-17(11-16)26-21(30)19-5-6-20-18(27-19)8-10-31-20/h2-6,11,14-15H,7-8,10,12-13H2,1H3,(H,26,30). The number of carbonyl (C=O) groups excluding carboxylic acids is 1. The van der Waals surface area contributed by atoms with Gasteiger partial charge in [0.2, 0.25) is 0 Å². The van der Waals surface area contributed by atoms with E-state index >= 15 is 0 Å². The predicted octanol–water partition coefficient (Wildman–Crippen LogP) is 3.01. The summed E-state index contributed by atoms with van der Waals surface area (Å²) in [4.78, 5) is 17.2. The van der Waals surface area contributed by atoms with Crippen molar-refractivity contribution in [3.05, 3.63) is 65.5 Å². The molecule has 5 rings (SSSR count). The average Bonchev–Trinajstić information content (AvgIpc) is 3.39. The highest BCUT2D eigenvalue weighted by atomic mass is 16.5. The molecule has 0 spiro atoms. The smallest absolute Gasteiger partial charge is 0.274 e. The number of aromatic nitrogens is 4. The molecule has 0 atom stereocenters. The second-order valence-electron chi connectivity index (χ2n) is 8.26. The van der Waals surface area contributed by atoms with E-state index in [4.69, 9.17) is 10.00 Å². The summed E-state index contributed by atoms with van der Waals surface area (Å²) in [5.74, 6) is 1.71. The molecule has 0 saturated heterocycles. The highest BCUT2D eigenvalue weighted by Gasteiger charge is 2.49. The first-order valence-electron chi connectivity index (χ1n) is 10.3. The van der Waals surface area contributed by atoms with E-state index in [1.165, 1.54) is 0 Å². The maximum Gasteiger partial charge on any atom is 0.274 e. The van der Waals surface area contributed by atoms with Gasteiger partial charge in [0.05, 0.1) is 23.8 Å². The molecule has 31 heavy (non-hydrogen) atoms. The topological polar surface area (TPSA) is 106 Å². The highest BCUT2D eigenvalue weighted by molar-refractivity contribution is 6.03. The van der Waals surface area contributed by atoms with Gasteiger partial charge in [0, 0.05) is 25.6 Å². The van der Waals surface area contributed by atoms with Crippen molar-refractivity contribution >= 4 is 11.6 Å². The number of benzene rings is 1. The Labute approximate surface area is 179 Å². The summed E-state index contributed by atoms with van der Waals surface area (Å²) >= 11 is 0. The van der Waals surface area contributed by atoms with Gasteiger partial charge in [-0.05, 0) is 48.6 Å². The van der Waals surface area contributed by atoms with E-state index in [9.17, 15) is 4.79 Å². The molecular weight excluding hydrogens is 392 g/mol. The number of amides is 1. The van der Waals surface area contributed by atoms with Gasteiger partial charge in [-0.15, -0.1) is 10.2 Å². The van der Waals surface area contributed by atoms with Crippen LogP contribution in [0.15, 0.2) is 42.7 Å². The van der Waals surface area contributed by atoms with Crippen molar-refractivity contribution in [3.8, 4) is 11.8 Å². The molecular formula is C23H22N6O2. The third-order valence-electron chi connectivity index (χ3n) is 6.23. The van der Waals surface area contributed by atoms with E-state index in [-0.39, 0.29) is 11.3 Å². The molecule has 8 heteroatoms. The monoisotopic (exact) mass is 414 g/mol. The summed E-state index contributed by atoms with van der Waals surface area (Å²) in [5, 5.41) is 20.5. The van der Waals surface area contributed by atoms with Gasteiger partial charge in [0.1, 0.15) is 23.6 Å². The van der Waals surface area contributed by atoms with Gasteiger partial charge in [-0.2, -0.15) is 5.26 Å². The Morgan fingerprint density at radius 3 is 3.00 bits per heavy atom. The number of nitrogens with zero attached hydrogens (tertiary/aromatic N) is 5. The molecule has 1 aliphatic heterocycles. The molecule has 1 saturated carbocycles. The molecule has 1 aromatic carbocycles. The van der Waals surface area contributed by atoms with Crippen molar-refractivity contribution in [3.63, 3.8) is 0 Å². The molecule has 0 unspecified atom stereocenters. The molecule has 156 valence electrons. The predicted molar refractivity (Wildman–Crippen MR) is 113 cm³/mol. The lowest BCUT2D eigenvalue weighted by Crippen LogP contribution is -2.44. The maximum atomic E-state index is 12.8. The van der Waals surface area contributed by atoms with Gasteiger partial charge in [0.15, 0.2) is 0 Å². The third-order valence-corrected chi connectivity index (χ3v) is 6.23. The minimum atomic E-state index is -0.309. The van der Waals surface area contributed by atoms with Crippen LogP contribution in [0.2, 0.25) is 0 Å². The van der Waals surface area contributed by atoms with Crippen LogP contribution >= 0.6 is 0 Å². The molecule has 3 aromatic rings. The quantitative estimate of drug-likeness (QED) is 0.688. The van der Waals surface area contributed by atoms with Crippen molar-refractivity contribution in [2.75, 3.05) is 11.9 Å². The van der Waals surface area contributed by atoms with Crippen LogP contribution in [0.1, 0.15) is 46.8 Å². The molecule has 1 amide bonds. The molecule has 1 N–H and O–H groups in total. The summed E-state index contributed by atoms with van der Waals surface area (Å²) < 4.78 is 7.40. The van der Waals surface area contributed by atoms with Crippen molar-refractivity contribution in [2.24, 2.45) is 13.0 Å². The van der Waals surface area contributed by atoms with Crippen LogP contribution in [0.4, 0.5) is 5.69 Å². The third kappa shape index (κ3) is 3.32. The Bertz CT molecular complexity index is 1190. The number of rotatable bonds is 5. The van der Waals surface area contributed by atoms with E-state index in [1.807, 2.05) is 29.8 Å². The molecule has 1 aliphatic carbocycles. The van der Waals surface area contributed by atoms with Gasteiger partial charge >= 0.3 is 0 Å². The Balaban J connectivity index is 1.42. The summed E-state index contributed by atoms with van der Waals surface area (Å²) in [6.07, 6.45) is 4.61. The number of hydrogen-bond acceptors (Lipinski definition) is 6. The van der Waals surface area contributed by atoms with Crippen LogP contribution in [0.25, 0.3) is 0 Å². The number of nitrogens with one attached hydrogen (secondary N) is 1. The first-order chi connectivity index (χ1) is 15.1. The van der Waals surface area contributed by atoms with Gasteiger partial charge in [0.25, 0.3) is 5.91 Å². The minimum Gasteiger partial charge on any atom is -0.491 e. The number of carbonyl (C=O) groups is 1. The lowest BCUT2D eigenvalue weighted by atomic mass is 9.57. The first-order valence-corrected chi connectivity index (χ1v) is 10.3. The van der Waals surface area contributed by atoms with Crippen LogP contribution in [-0.4, -0.2) is 32.3 Å². The maximum absolute atomic E-state index is 12.8. The molecule has 0 radical (unpaired) electrons. The van der Waals surface area contributed by atoms with E-state index in [0.717, 1.165) is 42.1 Å². The second-order valence-corrected chi connectivity index (χ2v) is 8.26. The lowest BCUT2D eigenvalue weighted by molar-refractivity contribution is 0.102. The summed E-state index contributed by atoms with van der Waals surface area (Å²) in [6, 6.07) is 13.6. The second kappa shape index (κ2) is 7.51. The molecule has 8 nitrogen and oxygen atoms in total. The summed E-state index contributed by atoms with van der Waals surface area (Å²) in [6.45, 7) is 0.604. The van der Waals surface area contributed by atoms with Crippen molar-refractivity contribution in [1.82, 2.24) is 19.7 Å². The lowest BCUT2D eigenvalue weighted by Gasteiger charge is -2.46. The van der Waals surface area contributed by atoms with Gasteiger partial charge in [-0.25, -0.2) is 4.98 Å². The fourth-order valence-corrected chi connectivity index (χ4v) is 4.74. The van der Waals surface area contributed by atoms with Crippen LogP contribution in [0.3, 0.4) is 0 Å². The molecule has 3 heterocycles. The zero-order chi connectivity index (χ0) is 21.4. The molecule has 0 bridgehead atoms. The van der Waals surface area contributed by atoms with Crippen molar-refractivity contribution in [2.45, 2.75) is 31.1 Å². The van der Waals surface area contributed by atoms with Crippen molar-refractivity contribution in [1.29, 1.82) is 5.26 Å². The number of ether oxygens (including phenoxy) is 1. The largest absolute Gasteiger partial charge is 0.491 e. The highest BCUT2D eigenvalue weighted by Crippen LogP contribution is 2.53. The zero-order valence-electron chi connectivity index (χ0n) is 17.2. The number of aryl methyl sites for hydroxylation is 1.